The SMILES string of the molecule is CCOc1cc(NC2CSCCC2(C)C)ccc1OC. The van der Waals surface area contributed by atoms with Gasteiger partial charge in [-0.05, 0) is 36.6 Å². The van der Waals surface area contributed by atoms with Gasteiger partial charge >= 0.3 is 0 Å². The molecule has 0 aromatic heterocycles. The highest BCUT2D eigenvalue weighted by Crippen LogP contribution is 2.37. The van der Waals surface area contributed by atoms with E-state index in [1.165, 1.54) is 12.2 Å². The summed E-state index contributed by atoms with van der Waals surface area (Å²) >= 11 is 2.03. The van der Waals surface area contributed by atoms with Gasteiger partial charge in [-0.1, -0.05) is 13.8 Å². The Morgan fingerprint density at radius 3 is 2.80 bits per heavy atom. The molecule has 0 spiro atoms. The molecular weight excluding hydrogens is 270 g/mol. The fraction of sp³-hybridized carbons (Fsp3) is 0.625. The van der Waals surface area contributed by atoms with Gasteiger partial charge in [0.15, 0.2) is 11.5 Å². The van der Waals surface area contributed by atoms with Crippen LogP contribution in [0.5, 0.6) is 11.5 Å². The molecule has 1 fully saturated rings. The van der Waals surface area contributed by atoms with Gasteiger partial charge in [0.2, 0.25) is 0 Å². The molecule has 4 heteroatoms. The predicted octanol–water partition coefficient (Wildman–Crippen LogP) is 4.04. The van der Waals surface area contributed by atoms with Gasteiger partial charge in [0, 0.05) is 23.5 Å². The lowest BCUT2D eigenvalue weighted by molar-refractivity contribution is 0.303. The molecule has 1 aliphatic heterocycles. The molecule has 1 aromatic rings. The van der Waals surface area contributed by atoms with Crippen molar-refractivity contribution in [1.29, 1.82) is 0 Å². The first-order valence-electron chi connectivity index (χ1n) is 7.22. The summed E-state index contributed by atoms with van der Waals surface area (Å²) < 4.78 is 11.0. The van der Waals surface area contributed by atoms with E-state index in [4.69, 9.17) is 9.47 Å². The zero-order valence-corrected chi connectivity index (χ0v) is 13.7. The van der Waals surface area contributed by atoms with Crippen LogP contribution in [0.25, 0.3) is 0 Å². The highest BCUT2D eigenvalue weighted by atomic mass is 32.2. The molecule has 0 radical (unpaired) electrons. The summed E-state index contributed by atoms with van der Waals surface area (Å²) in [5.74, 6) is 4.01. The van der Waals surface area contributed by atoms with Crippen LogP contribution in [-0.2, 0) is 0 Å². The van der Waals surface area contributed by atoms with Crippen LogP contribution in [0.1, 0.15) is 27.2 Å². The molecule has 3 nitrogen and oxygen atoms in total. The van der Waals surface area contributed by atoms with Crippen molar-refractivity contribution in [2.45, 2.75) is 33.2 Å². The maximum absolute atomic E-state index is 5.64. The number of benzene rings is 1. The molecule has 0 bridgehead atoms. The first kappa shape index (κ1) is 15.4. The Bertz CT molecular complexity index is 448. The van der Waals surface area contributed by atoms with E-state index < -0.39 is 0 Å². The fourth-order valence-corrected chi connectivity index (χ4v) is 4.02. The van der Waals surface area contributed by atoms with E-state index in [2.05, 4.69) is 25.2 Å². The Labute approximate surface area is 126 Å². The standard InChI is InChI=1S/C16H25NO2S/c1-5-19-14-10-12(6-7-13(14)18-4)17-15-11-20-9-8-16(15,2)3/h6-7,10,15,17H,5,8-9,11H2,1-4H3. The summed E-state index contributed by atoms with van der Waals surface area (Å²) in [5, 5.41) is 3.66. The van der Waals surface area contributed by atoms with E-state index in [1.807, 2.05) is 30.8 Å². The summed E-state index contributed by atoms with van der Waals surface area (Å²) in [4.78, 5) is 0. The van der Waals surface area contributed by atoms with Crippen molar-refractivity contribution in [3.63, 3.8) is 0 Å². The van der Waals surface area contributed by atoms with E-state index in [0.717, 1.165) is 22.9 Å². The van der Waals surface area contributed by atoms with Gasteiger partial charge in [0.05, 0.1) is 13.7 Å². The molecule has 112 valence electrons. The van der Waals surface area contributed by atoms with Gasteiger partial charge in [-0.3, -0.25) is 0 Å². The zero-order chi connectivity index (χ0) is 14.6. The number of hydrogen-bond donors (Lipinski definition) is 1. The molecular formula is C16H25NO2S. The second kappa shape index (κ2) is 6.61. The number of methoxy groups -OCH3 is 1. The van der Waals surface area contributed by atoms with Crippen LogP contribution in [0.4, 0.5) is 5.69 Å². The monoisotopic (exact) mass is 295 g/mol. The van der Waals surface area contributed by atoms with Gasteiger partial charge in [0.1, 0.15) is 0 Å². The molecule has 1 saturated heterocycles. The average Bonchev–Trinajstić information content (AvgIpc) is 2.42. The number of anilines is 1. The molecule has 1 aromatic carbocycles. The zero-order valence-electron chi connectivity index (χ0n) is 12.9. The fourth-order valence-electron chi connectivity index (χ4n) is 2.41. The second-order valence-corrected chi connectivity index (χ2v) is 6.96. The lowest BCUT2D eigenvalue weighted by Crippen LogP contribution is -2.41. The summed E-state index contributed by atoms with van der Waals surface area (Å²) in [5.41, 5.74) is 1.44. The molecule has 1 N–H and O–H groups in total. The average molecular weight is 295 g/mol. The van der Waals surface area contributed by atoms with Gasteiger partial charge in [-0.25, -0.2) is 0 Å². The molecule has 0 aliphatic carbocycles. The van der Waals surface area contributed by atoms with Crippen molar-refractivity contribution >= 4 is 17.4 Å². The van der Waals surface area contributed by atoms with Crippen molar-refractivity contribution in [2.75, 3.05) is 30.5 Å². The van der Waals surface area contributed by atoms with E-state index >= 15 is 0 Å². The maximum Gasteiger partial charge on any atom is 0.163 e. The van der Waals surface area contributed by atoms with Crippen molar-refractivity contribution in [3.8, 4) is 11.5 Å². The smallest absolute Gasteiger partial charge is 0.163 e. The van der Waals surface area contributed by atoms with E-state index in [0.29, 0.717) is 18.1 Å². The highest BCUT2D eigenvalue weighted by Gasteiger charge is 2.32. The van der Waals surface area contributed by atoms with Crippen molar-refractivity contribution in [2.24, 2.45) is 5.41 Å². The predicted molar refractivity (Wildman–Crippen MR) is 87.3 cm³/mol. The Kier molecular flexibility index (Phi) is 5.08. The molecule has 0 saturated carbocycles. The Hall–Kier alpha value is -1.03. The van der Waals surface area contributed by atoms with Crippen LogP contribution in [0.2, 0.25) is 0 Å². The molecule has 1 unspecified atom stereocenters. The maximum atomic E-state index is 5.64. The summed E-state index contributed by atoms with van der Waals surface area (Å²) in [7, 11) is 1.67. The molecule has 1 atom stereocenters. The number of hydrogen-bond acceptors (Lipinski definition) is 4. The largest absolute Gasteiger partial charge is 0.493 e. The second-order valence-electron chi connectivity index (χ2n) is 5.81. The van der Waals surface area contributed by atoms with Gasteiger partial charge in [0.25, 0.3) is 0 Å². The lowest BCUT2D eigenvalue weighted by Gasteiger charge is -2.39. The molecule has 1 heterocycles. The number of ether oxygens (including phenoxy) is 2. The first-order valence-corrected chi connectivity index (χ1v) is 8.37. The van der Waals surface area contributed by atoms with Crippen LogP contribution < -0.4 is 14.8 Å². The third-order valence-electron chi connectivity index (χ3n) is 3.92. The van der Waals surface area contributed by atoms with Gasteiger partial charge < -0.3 is 14.8 Å². The molecule has 20 heavy (non-hydrogen) atoms. The minimum Gasteiger partial charge on any atom is -0.493 e. The van der Waals surface area contributed by atoms with Crippen molar-refractivity contribution in [1.82, 2.24) is 0 Å². The molecule has 0 amide bonds. The van der Waals surface area contributed by atoms with Crippen LogP contribution >= 0.6 is 11.8 Å². The van der Waals surface area contributed by atoms with Crippen LogP contribution in [0, 0.1) is 5.41 Å². The Balaban J connectivity index is 2.14. The molecule has 2 rings (SSSR count). The van der Waals surface area contributed by atoms with Crippen molar-refractivity contribution in [3.05, 3.63) is 18.2 Å². The van der Waals surface area contributed by atoms with Gasteiger partial charge in [-0.15, -0.1) is 0 Å². The summed E-state index contributed by atoms with van der Waals surface area (Å²) in [6.07, 6.45) is 1.25. The Morgan fingerprint density at radius 1 is 1.35 bits per heavy atom. The normalized spacial score (nSPS) is 21.3. The van der Waals surface area contributed by atoms with Gasteiger partial charge in [-0.2, -0.15) is 11.8 Å². The minimum atomic E-state index is 0.330. The van der Waals surface area contributed by atoms with Crippen LogP contribution in [-0.4, -0.2) is 31.3 Å². The van der Waals surface area contributed by atoms with Crippen molar-refractivity contribution < 1.29 is 9.47 Å². The number of thioether (sulfide) groups is 1. The van der Waals surface area contributed by atoms with Crippen LogP contribution in [0.3, 0.4) is 0 Å². The van der Waals surface area contributed by atoms with E-state index in [9.17, 15) is 0 Å². The van der Waals surface area contributed by atoms with E-state index in [-0.39, 0.29) is 0 Å². The Morgan fingerprint density at radius 2 is 2.15 bits per heavy atom. The number of nitrogens with one attached hydrogen (secondary N) is 1. The van der Waals surface area contributed by atoms with Crippen LogP contribution in [0.15, 0.2) is 18.2 Å². The molecule has 1 aliphatic rings. The quantitative estimate of drug-likeness (QED) is 0.888. The highest BCUT2D eigenvalue weighted by molar-refractivity contribution is 7.99. The summed E-state index contributed by atoms with van der Waals surface area (Å²) in [6.45, 7) is 7.32. The topological polar surface area (TPSA) is 30.5 Å². The van der Waals surface area contributed by atoms with E-state index in [1.54, 1.807) is 7.11 Å². The summed E-state index contributed by atoms with van der Waals surface area (Å²) in [6, 6.07) is 6.56. The minimum absolute atomic E-state index is 0.330. The number of rotatable bonds is 5. The third kappa shape index (κ3) is 3.54. The first-order chi connectivity index (χ1) is 9.56. The lowest BCUT2D eigenvalue weighted by atomic mass is 9.82. The third-order valence-corrected chi connectivity index (χ3v) is 4.98.